The van der Waals surface area contributed by atoms with E-state index >= 15 is 4.39 Å². The number of pyridine rings is 1. The average molecular weight is 599 g/mol. The summed E-state index contributed by atoms with van der Waals surface area (Å²) in [4.78, 5) is 16.3. The third-order valence-corrected chi connectivity index (χ3v) is 10.1. The molecule has 0 unspecified atom stereocenters. The smallest absolute Gasteiger partial charge is 0.319 e. The highest BCUT2D eigenvalue weighted by atomic mass is 19.1. The Morgan fingerprint density at radius 3 is 2.57 bits per heavy atom. The molecule has 1 aliphatic carbocycles. The highest BCUT2D eigenvalue weighted by Gasteiger charge is 2.45. The lowest BCUT2D eigenvalue weighted by molar-refractivity contribution is 0.108. The summed E-state index contributed by atoms with van der Waals surface area (Å²) in [5, 5.41) is 18.6. The summed E-state index contributed by atoms with van der Waals surface area (Å²) >= 11 is 0. The number of anilines is 1. The first-order valence-electron chi connectivity index (χ1n) is 15.4. The summed E-state index contributed by atoms with van der Waals surface area (Å²) in [6.45, 7) is 3.14. The Labute approximate surface area is 255 Å². The second-order valence-corrected chi connectivity index (χ2v) is 12.5. The van der Waals surface area contributed by atoms with E-state index in [9.17, 15) is 9.50 Å². The maximum Gasteiger partial charge on any atom is 0.319 e. The zero-order valence-corrected chi connectivity index (χ0v) is 24.8. The van der Waals surface area contributed by atoms with Crippen molar-refractivity contribution in [2.45, 2.75) is 62.4 Å². The Morgan fingerprint density at radius 1 is 1.07 bits per heavy atom. The van der Waals surface area contributed by atoms with Gasteiger partial charge in [-0.2, -0.15) is 9.97 Å². The fourth-order valence-corrected chi connectivity index (χ4v) is 7.66. The van der Waals surface area contributed by atoms with Crippen LogP contribution in [0, 0.1) is 24.0 Å². The van der Waals surface area contributed by atoms with E-state index in [1.165, 1.54) is 30.5 Å². The molecule has 44 heavy (non-hydrogen) atoms. The number of halogens is 2. The molecule has 228 valence electrons. The lowest BCUT2D eigenvalue weighted by Crippen LogP contribution is -2.46. The second kappa shape index (κ2) is 11.1. The predicted molar refractivity (Wildman–Crippen MR) is 167 cm³/mol. The summed E-state index contributed by atoms with van der Waals surface area (Å²) < 4.78 is 37.7. The molecule has 4 aromatic rings. The fraction of sp³-hybridized carbons (Fsp3) is 0.441. The van der Waals surface area contributed by atoms with Crippen LogP contribution in [0.4, 0.5) is 14.6 Å². The maximum absolute atomic E-state index is 16.7. The third kappa shape index (κ3) is 4.79. The molecule has 3 aliphatic rings. The molecular weight excluding hydrogens is 562 g/mol. The van der Waals surface area contributed by atoms with Crippen molar-refractivity contribution < 1.29 is 18.6 Å². The van der Waals surface area contributed by atoms with Crippen LogP contribution in [0.3, 0.4) is 0 Å². The molecule has 2 aliphatic heterocycles. The van der Waals surface area contributed by atoms with Gasteiger partial charge in [-0.05, 0) is 82.2 Å². The van der Waals surface area contributed by atoms with E-state index in [-0.39, 0.29) is 45.2 Å². The number of rotatable bonds is 8. The Kier molecular flexibility index (Phi) is 7.26. The minimum atomic E-state index is -0.734. The van der Waals surface area contributed by atoms with Crippen molar-refractivity contribution in [3.8, 4) is 35.4 Å². The van der Waals surface area contributed by atoms with Gasteiger partial charge in [-0.15, -0.1) is 6.42 Å². The number of fused-ring (bicyclic) bond motifs is 3. The summed E-state index contributed by atoms with van der Waals surface area (Å²) in [6.07, 6.45) is 15.9. The Bertz CT molecular complexity index is 1790. The van der Waals surface area contributed by atoms with Gasteiger partial charge < -0.3 is 20.5 Å². The Balaban J connectivity index is 1.35. The fourth-order valence-electron chi connectivity index (χ4n) is 7.66. The van der Waals surface area contributed by atoms with Crippen LogP contribution < -0.4 is 15.4 Å². The number of aromatic hydroxyl groups is 1. The summed E-state index contributed by atoms with van der Waals surface area (Å²) in [5.74, 6) is 1.35. The lowest BCUT2D eigenvalue weighted by atomic mass is 9.95. The average Bonchev–Trinajstić information content (AvgIpc) is 3.76. The standard InChI is InChI=1S/C34H36F2N6O2/c1-3-23-26(35)9-8-21-16-22(43)17-24(27(21)23)29-28(36)30-25(18-38-29)31(39-19-33(37-2)10-4-5-11-33)41-32(40-30)44-20-34-12-6-14-42(34)15-7-13-34/h1,8-9,16-18,37,43H,4-7,10-15,19-20H2,2H3,(H,39,40,41). The summed E-state index contributed by atoms with van der Waals surface area (Å²) in [6, 6.07) is 5.63. The number of nitrogens with one attached hydrogen (secondary N) is 2. The number of benzene rings is 2. The maximum atomic E-state index is 16.7. The van der Waals surface area contributed by atoms with E-state index in [4.69, 9.17) is 16.1 Å². The number of aromatic nitrogens is 3. The molecule has 7 rings (SSSR count). The van der Waals surface area contributed by atoms with Gasteiger partial charge in [0.2, 0.25) is 0 Å². The van der Waals surface area contributed by atoms with Crippen LogP contribution in [0.1, 0.15) is 56.9 Å². The summed E-state index contributed by atoms with van der Waals surface area (Å²) in [7, 11) is 1.97. The van der Waals surface area contributed by atoms with Gasteiger partial charge in [-0.1, -0.05) is 24.8 Å². The molecule has 0 amide bonds. The van der Waals surface area contributed by atoms with Crippen molar-refractivity contribution in [1.82, 2.24) is 25.2 Å². The van der Waals surface area contributed by atoms with Crippen LogP contribution in [0.5, 0.6) is 11.8 Å². The molecule has 2 aromatic heterocycles. The van der Waals surface area contributed by atoms with E-state index in [2.05, 4.69) is 31.4 Å². The van der Waals surface area contributed by atoms with E-state index in [0.717, 1.165) is 64.5 Å². The quantitative estimate of drug-likeness (QED) is 0.221. The molecule has 0 atom stereocenters. The van der Waals surface area contributed by atoms with Gasteiger partial charge in [-0.3, -0.25) is 9.88 Å². The van der Waals surface area contributed by atoms with Crippen molar-refractivity contribution >= 4 is 27.5 Å². The number of terminal acetylenes is 1. The number of nitrogens with zero attached hydrogens (tertiary/aromatic N) is 4. The SMILES string of the molecule is C#Cc1c(F)ccc2cc(O)cc(-c3ncc4c(NCC5(NC)CCCC5)nc(OCC56CCCN5CCC6)nc4c3F)c12. The van der Waals surface area contributed by atoms with Crippen LogP contribution in [-0.4, -0.2) is 69.3 Å². The zero-order chi connectivity index (χ0) is 30.5. The predicted octanol–water partition coefficient (Wildman–Crippen LogP) is 5.76. The Morgan fingerprint density at radius 2 is 1.84 bits per heavy atom. The largest absolute Gasteiger partial charge is 0.508 e. The zero-order valence-electron chi connectivity index (χ0n) is 24.8. The van der Waals surface area contributed by atoms with Gasteiger partial charge >= 0.3 is 6.01 Å². The normalized spacial score (nSPS) is 19.0. The molecule has 4 heterocycles. The van der Waals surface area contributed by atoms with Crippen molar-refractivity contribution in [2.24, 2.45) is 0 Å². The second-order valence-electron chi connectivity index (χ2n) is 12.5. The van der Waals surface area contributed by atoms with Gasteiger partial charge in [0.05, 0.1) is 16.5 Å². The first kappa shape index (κ1) is 28.7. The third-order valence-electron chi connectivity index (χ3n) is 10.1. The monoisotopic (exact) mass is 598 g/mol. The van der Waals surface area contributed by atoms with Crippen LogP contribution in [0.25, 0.3) is 32.9 Å². The van der Waals surface area contributed by atoms with Crippen LogP contribution >= 0.6 is 0 Å². The number of likely N-dealkylation sites (N-methyl/N-ethyl adjacent to an activating group) is 1. The molecule has 2 aromatic carbocycles. The van der Waals surface area contributed by atoms with E-state index in [1.807, 2.05) is 7.05 Å². The minimum absolute atomic E-state index is 0.0229. The number of phenols is 1. The molecule has 10 heteroatoms. The van der Waals surface area contributed by atoms with Gasteiger partial charge in [0.25, 0.3) is 0 Å². The van der Waals surface area contributed by atoms with Crippen molar-refractivity contribution in [3.63, 3.8) is 0 Å². The molecule has 1 saturated carbocycles. The number of hydrogen-bond acceptors (Lipinski definition) is 8. The van der Waals surface area contributed by atoms with Crippen molar-refractivity contribution in [3.05, 3.63) is 47.7 Å². The van der Waals surface area contributed by atoms with Crippen LogP contribution in [0.2, 0.25) is 0 Å². The molecule has 3 fully saturated rings. The summed E-state index contributed by atoms with van der Waals surface area (Å²) in [5.41, 5.74) is -0.0603. The number of phenolic OH excluding ortho intramolecular Hbond substituents is 1. The van der Waals surface area contributed by atoms with Crippen LogP contribution in [0.15, 0.2) is 30.5 Å². The number of ether oxygens (including phenoxy) is 1. The highest BCUT2D eigenvalue weighted by Crippen LogP contribution is 2.41. The topological polar surface area (TPSA) is 95.4 Å². The lowest BCUT2D eigenvalue weighted by Gasteiger charge is -2.31. The Hall–Kier alpha value is -4.07. The van der Waals surface area contributed by atoms with Gasteiger partial charge in [0.1, 0.15) is 35.2 Å². The van der Waals surface area contributed by atoms with Gasteiger partial charge in [0.15, 0.2) is 5.82 Å². The first-order chi connectivity index (χ1) is 21.4. The molecule has 8 nitrogen and oxygen atoms in total. The molecule has 0 bridgehead atoms. The van der Waals surface area contributed by atoms with Crippen LogP contribution in [-0.2, 0) is 0 Å². The highest BCUT2D eigenvalue weighted by molar-refractivity contribution is 6.02. The molecular formula is C34H36F2N6O2. The van der Waals surface area contributed by atoms with Gasteiger partial charge in [0, 0.05) is 29.2 Å². The van der Waals surface area contributed by atoms with Gasteiger partial charge in [-0.25, -0.2) is 8.78 Å². The van der Waals surface area contributed by atoms with E-state index < -0.39 is 11.6 Å². The molecule has 0 spiro atoms. The molecule has 2 saturated heterocycles. The minimum Gasteiger partial charge on any atom is -0.508 e. The van der Waals surface area contributed by atoms with E-state index in [0.29, 0.717) is 35.1 Å². The molecule has 0 radical (unpaired) electrons. The number of hydrogen-bond donors (Lipinski definition) is 3. The van der Waals surface area contributed by atoms with E-state index in [1.54, 1.807) is 0 Å². The molecule has 3 N–H and O–H groups in total. The van der Waals surface area contributed by atoms with Crippen molar-refractivity contribution in [1.29, 1.82) is 0 Å². The first-order valence-corrected chi connectivity index (χ1v) is 15.4. The van der Waals surface area contributed by atoms with Crippen molar-refractivity contribution in [2.75, 3.05) is 38.6 Å².